The van der Waals surface area contributed by atoms with Crippen LogP contribution in [-0.4, -0.2) is 43.0 Å². The minimum atomic E-state index is -0.109. The third kappa shape index (κ3) is 4.25. The molecule has 0 aromatic carbocycles. The van der Waals surface area contributed by atoms with Crippen molar-refractivity contribution in [2.24, 2.45) is 11.7 Å². The molecule has 0 aromatic rings. The number of rotatable bonds is 6. The van der Waals surface area contributed by atoms with Crippen molar-refractivity contribution >= 4 is 5.91 Å². The third-order valence-electron chi connectivity index (χ3n) is 4.41. The van der Waals surface area contributed by atoms with Gasteiger partial charge in [0.05, 0.1) is 0 Å². The highest BCUT2D eigenvalue weighted by Crippen LogP contribution is 2.23. The van der Waals surface area contributed by atoms with E-state index in [0.717, 1.165) is 32.2 Å². The number of primary amides is 1. The summed E-state index contributed by atoms with van der Waals surface area (Å²) in [5, 5.41) is 3.63. The van der Waals surface area contributed by atoms with Crippen LogP contribution in [0.1, 0.15) is 44.9 Å². The van der Waals surface area contributed by atoms with Gasteiger partial charge in [-0.05, 0) is 71.1 Å². The molecule has 0 radical (unpaired) electrons. The number of nitrogens with one attached hydrogen (secondary N) is 1. The number of carbonyl (C=O) groups excluding carboxylic acids is 1. The standard InChI is InChI=1S/C14H27N3O/c15-14(18)12-4-6-13(7-5-12)16-8-3-11-17-9-1-2-10-17/h12-13,16H,1-11H2,(H2,15,18). The van der Waals surface area contributed by atoms with Crippen LogP contribution in [-0.2, 0) is 4.79 Å². The summed E-state index contributed by atoms with van der Waals surface area (Å²) >= 11 is 0. The first kappa shape index (κ1) is 13.8. The number of nitrogens with zero attached hydrogens (tertiary/aromatic N) is 1. The first-order valence-corrected chi connectivity index (χ1v) is 7.51. The number of likely N-dealkylation sites (tertiary alicyclic amines) is 1. The highest BCUT2D eigenvalue weighted by molar-refractivity contribution is 5.76. The van der Waals surface area contributed by atoms with Gasteiger partial charge < -0.3 is 16.0 Å². The lowest BCUT2D eigenvalue weighted by atomic mass is 9.85. The highest BCUT2D eigenvalue weighted by Gasteiger charge is 2.24. The Morgan fingerprint density at radius 2 is 1.83 bits per heavy atom. The van der Waals surface area contributed by atoms with Gasteiger partial charge in [0.1, 0.15) is 0 Å². The molecule has 0 unspecified atom stereocenters. The van der Waals surface area contributed by atoms with Crippen LogP contribution < -0.4 is 11.1 Å². The minimum Gasteiger partial charge on any atom is -0.369 e. The number of carbonyl (C=O) groups is 1. The molecule has 1 saturated carbocycles. The van der Waals surface area contributed by atoms with E-state index in [1.54, 1.807) is 0 Å². The fourth-order valence-electron chi connectivity index (χ4n) is 3.20. The Labute approximate surface area is 110 Å². The third-order valence-corrected chi connectivity index (χ3v) is 4.41. The normalized spacial score (nSPS) is 29.6. The lowest BCUT2D eigenvalue weighted by molar-refractivity contribution is -0.122. The Hall–Kier alpha value is -0.610. The van der Waals surface area contributed by atoms with Gasteiger partial charge in [-0.1, -0.05) is 0 Å². The van der Waals surface area contributed by atoms with Gasteiger partial charge in [0.2, 0.25) is 5.91 Å². The van der Waals surface area contributed by atoms with E-state index in [4.69, 9.17) is 5.73 Å². The summed E-state index contributed by atoms with van der Waals surface area (Å²) in [6.45, 7) is 4.94. The van der Waals surface area contributed by atoms with E-state index >= 15 is 0 Å². The Morgan fingerprint density at radius 3 is 2.44 bits per heavy atom. The molecular formula is C14H27N3O. The van der Waals surface area contributed by atoms with Crippen LogP contribution in [0.25, 0.3) is 0 Å². The van der Waals surface area contributed by atoms with Gasteiger partial charge >= 0.3 is 0 Å². The molecule has 2 rings (SSSR count). The average Bonchev–Trinajstić information content (AvgIpc) is 2.88. The van der Waals surface area contributed by atoms with Crippen LogP contribution in [0, 0.1) is 5.92 Å². The van der Waals surface area contributed by atoms with E-state index in [1.807, 2.05) is 0 Å². The molecule has 0 spiro atoms. The maximum absolute atomic E-state index is 11.1. The average molecular weight is 253 g/mol. The number of hydrogen-bond donors (Lipinski definition) is 2. The predicted octanol–water partition coefficient (Wildman–Crippen LogP) is 1.11. The van der Waals surface area contributed by atoms with Crippen LogP contribution in [0.3, 0.4) is 0 Å². The number of amides is 1. The summed E-state index contributed by atoms with van der Waals surface area (Å²) < 4.78 is 0. The summed E-state index contributed by atoms with van der Waals surface area (Å²) in [7, 11) is 0. The fraction of sp³-hybridized carbons (Fsp3) is 0.929. The Morgan fingerprint density at radius 1 is 1.17 bits per heavy atom. The molecular weight excluding hydrogens is 226 g/mol. The van der Waals surface area contributed by atoms with Crippen molar-refractivity contribution in [3.8, 4) is 0 Å². The fourth-order valence-corrected chi connectivity index (χ4v) is 3.20. The van der Waals surface area contributed by atoms with Gasteiger partial charge in [-0.25, -0.2) is 0 Å². The molecule has 1 amide bonds. The molecule has 0 bridgehead atoms. The number of nitrogens with two attached hydrogens (primary N) is 1. The smallest absolute Gasteiger partial charge is 0.220 e. The van der Waals surface area contributed by atoms with E-state index in [2.05, 4.69) is 10.2 Å². The van der Waals surface area contributed by atoms with Crippen LogP contribution in [0.5, 0.6) is 0 Å². The maximum atomic E-state index is 11.1. The molecule has 2 aliphatic rings. The van der Waals surface area contributed by atoms with Gasteiger partial charge in [0.25, 0.3) is 0 Å². The van der Waals surface area contributed by atoms with E-state index in [0.29, 0.717) is 6.04 Å². The molecule has 0 aromatic heterocycles. The quantitative estimate of drug-likeness (QED) is 0.697. The molecule has 1 heterocycles. The second-order valence-electron chi connectivity index (χ2n) is 5.81. The first-order chi connectivity index (χ1) is 8.75. The van der Waals surface area contributed by atoms with Crippen LogP contribution in [0.2, 0.25) is 0 Å². The van der Waals surface area contributed by atoms with Crippen LogP contribution in [0.15, 0.2) is 0 Å². The first-order valence-electron chi connectivity index (χ1n) is 7.51. The largest absolute Gasteiger partial charge is 0.369 e. The van der Waals surface area contributed by atoms with E-state index in [1.165, 1.54) is 38.9 Å². The van der Waals surface area contributed by atoms with Gasteiger partial charge in [-0.15, -0.1) is 0 Å². The molecule has 0 atom stereocenters. The zero-order chi connectivity index (χ0) is 12.8. The molecule has 1 saturated heterocycles. The number of hydrogen-bond acceptors (Lipinski definition) is 3. The molecule has 104 valence electrons. The van der Waals surface area contributed by atoms with Crippen molar-refractivity contribution in [3.63, 3.8) is 0 Å². The summed E-state index contributed by atoms with van der Waals surface area (Å²) in [5.41, 5.74) is 5.34. The molecule has 4 heteroatoms. The van der Waals surface area contributed by atoms with Crippen LogP contribution >= 0.6 is 0 Å². The van der Waals surface area contributed by atoms with Gasteiger partial charge in [-0.3, -0.25) is 4.79 Å². The summed E-state index contributed by atoms with van der Waals surface area (Å²) in [5.74, 6) is 0.0233. The second kappa shape index (κ2) is 7.10. The maximum Gasteiger partial charge on any atom is 0.220 e. The molecule has 1 aliphatic carbocycles. The van der Waals surface area contributed by atoms with E-state index in [9.17, 15) is 4.79 Å². The topological polar surface area (TPSA) is 58.4 Å². The summed E-state index contributed by atoms with van der Waals surface area (Å²) in [6, 6.07) is 0.610. The van der Waals surface area contributed by atoms with Crippen molar-refractivity contribution in [2.45, 2.75) is 51.0 Å². The van der Waals surface area contributed by atoms with E-state index in [-0.39, 0.29) is 11.8 Å². The van der Waals surface area contributed by atoms with Crippen molar-refractivity contribution in [1.82, 2.24) is 10.2 Å². The zero-order valence-corrected chi connectivity index (χ0v) is 11.4. The predicted molar refractivity (Wildman–Crippen MR) is 73.2 cm³/mol. The lowest BCUT2D eigenvalue weighted by Crippen LogP contribution is -2.37. The molecule has 4 nitrogen and oxygen atoms in total. The molecule has 3 N–H and O–H groups in total. The van der Waals surface area contributed by atoms with Crippen molar-refractivity contribution in [2.75, 3.05) is 26.2 Å². The SMILES string of the molecule is NC(=O)C1CCC(NCCCN2CCCC2)CC1. The summed E-state index contributed by atoms with van der Waals surface area (Å²) in [6.07, 6.45) is 8.16. The monoisotopic (exact) mass is 253 g/mol. The zero-order valence-electron chi connectivity index (χ0n) is 11.4. The Balaban J connectivity index is 1.51. The highest BCUT2D eigenvalue weighted by atomic mass is 16.1. The van der Waals surface area contributed by atoms with Crippen LogP contribution in [0.4, 0.5) is 0 Å². The van der Waals surface area contributed by atoms with E-state index < -0.39 is 0 Å². The molecule has 1 aliphatic heterocycles. The summed E-state index contributed by atoms with van der Waals surface area (Å²) in [4.78, 5) is 13.6. The Kier molecular flexibility index (Phi) is 5.45. The Bertz CT molecular complexity index is 256. The second-order valence-corrected chi connectivity index (χ2v) is 5.81. The van der Waals surface area contributed by atoms with Gasteiger partial charge in [-0.2, -0.15) is 0 Å². The van der Waals surface area contributed by atoms with Gasteiger partial charge in [0, 0.05) is 12.0 Å². The van der Waals surface area contributed by atoms with Crippen molar-refractivity contribution in [1.29, 1.82) is 0 Å². The lowest BCUT2D eigenvalue weighted by Gasteiger charge is -2.27. The van der Waals surface area contributed by atoms with Crippen molar-refractivity contribution < 1.29 is 4.79 Å². The molecule has 2 fully saturated rings. The van der Waals surface area contributed by atoms with Crippen molar-refractivity contribution in [3.05, 3.63) is 0 Å². The minimum absolute atomic E-state index is 0.109. The molecule has 18 heavy (non-hydrogen) atoms. The van der Waals surface area contributed by atoms with Gasteiger partial charge in [0.15, 0.2) is 0 Å².